The van der Waals surface area contributed by atoms with E-state index < -0.39 is 0 Å². The van der Waals surface area contributed by atoms with E-state index in [0.29, 0.717) is 0 Å². The van der Waals surface area contributed by atoms with Crippen molar-refractivity contribution in [1.29, 1.82) is 0 Å². The Balaban J connectivity index is 2.23. The van der Waals surface area contributed by atoms with Gasteiger partial charge in [0.2, 0.25) is 0 Å². The molecule has 1 rings (SSSR count). The minimum atomic E-state index is 0.794. The Kier molecular flexibility index (Phi) is 4.94. The van der Waals surface area contributed by atoms with Gasteiger partial charge in [0.25, 0.3) is 0 Å². The highest BCUT2D eigenvalue weighted by atomic mass is 14.9. The highest BCUT2D eigenvalue weighted by molar-refractivity contribution is 4.79. The van der Waals surface area contributed by atoms with Gasteiger partial charge in [-0.25, -0.2) is 0 Å². The lowest BCUT2D eigenvalue weighted by atomic mass is 9.80. The Morgan fingerprint density at radius 1 is 1.14 bits per heavy atom. The molecule has 0 radical (unpaired) electrons. The zero-order valence-corrected chi connectivity index (χ0v) is 10.3. The molecule has 3 unspecified atom stereocenters. The molecule has 0 spiro atoms. The molecule has 0 bridgehead atoms. The molecule has 1 aliphatic rings. The zero-order valence-electron chi connectivity index (χ0n) is 10.3. The van der Waals surface area contributed by atoms with Crippen molar-refractivity contribution in [3.05, 3.63) is 0 Å². The van der Waals surface area contributed by atoms with Gasteiger partial charge in [-0.2, -0.15) is 0 Å². The molecule has 0 aromatic rings. The van der Waals surface area contributed by atoms with E-state index in [1.165, 1.54) is 32.2 Å². The summed E-state index contributed by atoms with van der Waals surface area (Å²) in [5, 5.41) is 3.73. The average Bonchev–Trinajstić information content (AvgIpc) is 2.12. The predicted octanol–water partition coefficient (Wildman–Crippen LogP) is 3.45. The summed E-state index contributed by atoms with van der Waals surface area (Å²) in [7, 11) is 0. The van der Waals surface area contributed by atoms with Crippen molar-refractivity contribution < 1.29 is 0 Å². The van der Waals surface area contributed by atoms with Gasteiger partial charge in [0.15, 0.2) is 0 Å². The van der Waals surface area contributed by atoms with Gasteiger partial charge in [-0.15, -0.1) is 0 Å². The van der Waals surface area contributed by atoms with Crippen LogP contribution in [0.5, 0.6) is 0 Å². The van der Waals surface area contributed by atoms with Crippen molar-refractivity contribution in [2.24, 2.45) is 17.8 Å². The first-order valence-electron chi connectivity index (χ1n) is 6.35. The topological polar surface area (TPSA) is 12.0 Å². The lowest BCUT2D eigenvalue weighted by Gasteiger charge is -2.32. The van der Waals surface area contributed by atoms with Gasteiger partial charge in [-0.05, 0) is 43.6 Å². The minimum absolute atomic E-state index is 0.794. The summed E-state index contributed by atoms with van der Waals surface area (Å²) in [6.07, 6.45) is 5.51. The van der Waals surface area contributed by atoms with Crippen LogP contribution in [0.4, 0.5) is 0 Å². The molecule has 0 aromatic heterocycles. The molecule has 3 atom stereocenters. The second kappa shape index (κ2) is 5.75. The Labute approximate surface area is 89.7 Å². The SMILES string of the molecule is CCC(C)CNC1CC(C)CC(C)C1. The van der Waals surface area contributed by atoms with Gasteiger partial charge >= 0.3 is 0 Å². The number of nitrogens with one attached hydrogen (secondary N) is 1. The molecular weight excluding hydrogens is 170 g/mol. The summed E-state index contributed by atoms with van der Waals surface area (Å²) >= 11 is 0. The first kappa shape index (κ1) is 12.0. The van der Waals surface area contributed by atoms with Crippen molar-refractivity contribution in [2.75, 3.05) is 6.54 Å². The first-order chi connectivity index (χ1) is 6.61. The molecular formula is C13H27N. The van der Waals surface area contributed by atoms with E-state index in [-0.39, 0.29) is 0 Å². The zero-order chi connectivity index (χ0) is 10.6. The summed E-state index contributed by atoms with van der Waals surface area (Å²) < 4.78 is 0. The standard InChI is InChI=1S/C13H27N/c1-5-10(2)9-14-13-7-11(3)6-12(4)8-13/h10-14H,5-9H2,1-4H3. The Bertz CT molecular complexity index is 145. The van der Waals surface area contributed by atoms with Crippen LogP contribution in [0, 0.1) is 17.8 Å². The van der Waals surface area contributed by atoms with E-state index in [0.717, 1.165) is 23.8 Å². The van der Waals surface area contributed by atoms with Gasteiger partial charge in [-0.3, -0.25) is 0 Å². The van der Waals surface area contributed by atoms with Gasteiger partial charge in [0, 0.05) is 6.04 Å². The third kappa shape index (κ3) is 4.00. The van der Waals surface area contributed by atoms with Crippen molar-refractivity contribution in [3.8, 4) is 0 Å². The van der Waals surface area contributed by atoms with Crippen LogP contribution >= 0.6 is 0 Å². The third-order valence-corrected chi connectivity index (χ3v) is 3.63. The lowest BCUT2D eigenvalue weighted by Crippen LogP contribution is -2.38. The second-order valence-electron chi connectivity index (χ2n) is 5.54. The molecule has 0 aromatic carbocycles. The summed E-state index contributed by atoms with van der Waals surface area (Å²) in [6, 6.07) is 0.794. The van der Waals surface area contributed by atoms with Gasteiger partial charge < -0.3 is 5.32 Å². The van der Waals surface area contributed by atoms with Crippen molar-refractivity contribution >= 4 is 0 Å². The van der Waals surface area contributed by atoms with Crippen LogP contribution in [0.3, 0.4) is 0 Å². The largest absolute Gasteiger partial charge is 0.314 e. The minimum Gasteiger partial charge on any atom is -0.314 e. The molecule has 1 fully saturated rings. The van der Waals surface area contributed by atoms with Crippen LogP contribution in [0.2, 0.25) is 0 Å². The van der Waals surface area contributed by atoms with E-state index in [9.17, 15) is 0 Å². The smallest absolute Gasteiger partial charge is 0.00722 e. The van der Waals surface area contributed by atoms with E-state index in [4.69, 9.17) is 0 Å². The van der Waals surface area contributed by atoms with Crippen molar-refractivity contribution in [1.82, 2.24) is 5.32 Å². The summed E-state index contributed by atoms with van der Waals surface area (Å²) in [6.45, 7) is 10.6. The van der Waals surface area contributed by atoms with Crippen LogP contribution in [0.1, 0.15) is 53.4 Å². The van der Waals surface area contributed by atoms with Crippen LogP contribution in [0.15, 0.2) is 0 Å². The third-order valence-electron chi connectivity index (χ3n) is 3.63. The predicted molar refractivity (Wildman–Crippen MR) is 63.4 cm³/mol. The molecule has 1 saturated carbocycles. The van der Waals surface area contributed by atoms with E-state index in [1.807, 2.05) is 0 Å². The Morgan fingerprint density at radius 2 is 1.71 bits per heavy atom. The fourth-order valence-electron chi connectivity index (χ4n) is 2.63. The molecule has 0 amide bonds. The molecule has 1 aliphatic carbocycles. The molecule has 1 nitrogen and oxygen atoms in total. The molecule has 0 saturated heterocycles. The van der Waals surface area contributed by atoms with Gasteiger partial charge in [0.1, 0.15) is 0 Å². The van der Waals surface area contributed by atoms with Crippen molar-refractivity contribution in [2.45, 2.75) is 59.4 Å². The summed E-state index contributed by atoms with van der Waals surface area (Å²) in [4.78, 5) is 0. The molecule has 0 heterocycles. The Morgan fingerprint density at radius 3 is 2.21 bits per heavy atom. The molecule has 1 heteroatoms. The number of hydrogen-bond donors (Lipinski definition) is 1. The van der Waals surface area contributed by atoms with Gasteiger partial charge in [-0.1, -0.05) is 34.1 Å². The van der Waals surface area contributed by atoms with Crippen LogP contribution in [-0.2, 0) is 0 Å². The van der Waals surface area contributed by atoms with Crippen LogP contribution in [0.25, 0.3) is 0 Å². The van der Waals surface area contributed by atoms with Crippen LogP contribution in [-0.4, -0.2) is 12.6 Å². The maximum Gasteiger partial charge on any atom is 0.00722 e. The second-order valence-corrected chi connectivity index (χ2v) is 5.54. The quantitative estimate of drug-likeness (QED) is 0.728. The maximum absolute atomic E-state index is 3.73. The number of hydrogen-bond acceptors (Lipinski definition) is 1. The normalized spacial score (nSPS) is 35.6. The molecule has 14 heavy (non-hydrogen) atoms. The summed E-state index contributed by atoms with van der Waals surface area (Å²) in [5.41, 5.74) is 0. The van der Waals surface area contributed by atoms with Gasteiger partial charge in [0.05, 0.1) is 0 Å². The summed E-state index contributed by atoms with van der Waals surface area (Å²) in [5.74, 6) is 2.68. The molecule has 1 N–H and O–H groups in total. The highest BCUT2D eigenvalue weighted by Crippen LogP contribution is 2.28. The van der Waals surface area contributed by atoms with Crippen molar-refractivity contribution in [3.63, 3.8) is 0 Å². The number of rotatable bonds is 4. The molecule has 84 valence electrons. The highest BCUT2D eigenvalue weighted by Gasteiger charge is 2.23. The lowest BCUT2D eigenvalue weighted by molar-refractivity contribution is 0.233. The Hall–Kier alpha value is -0.0400. The first-order valence-corrected chi connectivity index (χ1v) is 6.35. The van der Waals surface area contributed by atoms with E-state index >= 15 is 0 Å². The average molecular weight is 197 g/mol. The van der Waals surface area contributed by atoms with E-state index in [2.05, 4.69) is 33.0 Å². The fourth-order valence-corrected chi connectivity index (χ4v) is 2.63. The fraction of sp³-hybridized carbons (Fsp3) is 1.00. The van der Waals surface area contributed by atoms with E-state index in [1.54, 1.807) is 0 Å². The monoisotopic (exact) mass is 197 g/mol. The van der Waals surface area contributed by atoms with Crippen LogP contribution < -0.4 is 5.32 Å². The molecule has 0 aliphatic heterocycles. The maximum atomic E-state index is 3.73.